The molecule has 4 nitrogen and oxygen atoms in total. The smallest absolute Gasteiger partial charge is 0.265 e. The standard InChI is InChI=1S/C27H33N2O2P/c1-5-20(2)28(4)26-14-10-9-13-25(26)21(3)29(22-11-7-6-8-12-22)27(30)19-31-23-15-17-24(32)18-16-23/h6-18,20-21H,5,19,32H2,1-4H3. The Morgan fingerprint density at radius 3 is 2.22 bits per heavy atom. The van der Waals surface area contributed by atoms with Gasteiger partial charge in [-0.3, -0.25) is 4.79 Å². The van der Waals surface area contributed by atoms with Crippen molar-refractivity contribution in [2.24, 2.45) is 0 Å². The van der Waals surface area contributed by atoms with Gasteiger partial charge in [-0.25, -0.2) is 0 Å². The Balaban J connectivity index is 1.91. The van der Waals surface area contributed by atoms with Gasteiger partial charge in [-0.2, -0.15) is 0 Å². The minimum Gasteiger partial charge on any atom is -0.484 e. The second-order valence-corrected chi connectivity index (χ2v) is 8.73. The second-order valence-electron chi connectivity index (χ2n) is 8.06. The number of nitrogens with zero attached hydrogens (tertiary/aromatic N) is 2. The summed E-state index contributed by atoms with van der Waals surface area (Å²) in [5.41, 5.74) is 3.11. The first-order valence-corrected chi connectivity index (χ1v) is 11.7. The van der Waals surface area contributed by atoms with E-state index in [2.05, 4.69) is 60.2 Å². The molecular weight excluding hydrogens is 415 g/mol. The van der Waals surface area contributed by atoms with Gasteiger partial charge in [0.2, 0.25) is 0 Å². The van der Waals surface area contributed by atoms with E-state index >= 15 is 0 Å². The Morgan fingerprint density at radius 1 is 0.938 bits per heavy atom. The molecule has 32 heavy (non-hydrogen) atoms. The number of hydrogen-bond acceptors (Lipinski definition) is 3. The van der Waals surface area contributed by atoms with E-state index in [9.17, 15) is 4.79 Å². The van der Waals surface area contributed by atoms with Crippen LogP contribution in [0.25, 0.3) is 0 Å². The van der Waals surface area contributed by atoms with Crippen LogP contribution in [0.4, 0.5) is 11.4 Å². The number of hydrogen-bond donors (Lipinski definition) is 0. The molecule has 3 atom stereocenters. The molecule has 1 amide bonds. The van der Waals surface area contributed by atoms with Crippen LogP contribution in [0.5, 0.6) is 5.75 Å². The number of anilines is 2. The molecule has 0 N–H and O–H groups in total. The first kappa shape index (κ1) is 23.8. The number of carbonyl (C=O) groups is 1. The van der Waals surface area contributed by atoms with Crippen LogP contribution in [-0.2, 0) is 4.79 Å². The highest BCUT2D eigenvalue weighted by molar-refractivity contribution is 7.27. The van der Waals surface area contributed by atoms with E-state index in [0.29, 0.717) is 11.8 Å². The third-order valence-corrected chi connectivity index (χ3v) is 6.34. The lowest BCUT2D eigenvalue weighted by Gasteiger charge is -2.34. The third kappa shape index (κ3) is 5.69. The predicted molar refractivity (Wildman–Crippen MR) is 138 cm³/mol. The summed E-state index contributed by atoms with van der Waals surface area (Å²) in [4.78, 5) is 17.6. The molecule has 3 unspecified atom stereocenters. The number of para-hydroxylation sites is 2. The van der Waals surface area contributed by atoms with Crippen molar-refractivity contribution in [2.75, 3.05) is 23.5 Å². The van der Waals surface area contributed by atoms with Crippen molar-refractivity contribution >= 4 is 31.8 Å². The number of benzene rings is 3. The lowest BCUT2D eigenvalue weighted by molar-refractivity contribution is -0.121. The summed E-state index contributed by atoms with van der Waals surface area (Å²) in [5, 5.41) is 1.07. The Bertz CT molecular complexity index is 1010. The zero-order chi connectivity index (χ0) is 23.1. The fourth-order valence-electron chi connectivity index (χ4n) is 3.76. The van der Waals surface area contributed by atoms with Gasteiger partial charge >= 0.3 is 0 Å². The maximum absolute atomic E-state index is 13.5. The number of amides is 1. The molecule has 0 saturated carbocycles. The van der Waals surface area contributed by atoms with Gasteiger partial charge in [-0.15, -0.1) is 9.24 Å². The molecule has 3 aromatic rings. The van der Waals surface area contributed by atoms with Crippen molar-refractivity contribution in [3.8, 4) is 5.75 Å². The van der Waals surface area contributed by atoms with Gasteiger partial charge in [0.05, 0.1) is 6.04 Å². The van der Waals surface area contributed by atoms with E-state index in [-0.39, 0.29) is 18.6 Å². The summed E-state index contributed by atoms with van der Waals surface area (Å²) in [5.74, 6) is 0.599. The fraction of sp³-hybridized carbons (Fsp3) is 0.296. The maximum Gasteiger partial charge on any atom is 0.265 e. The van der Waals surface area contributed by atoms with E-state index in [0.717, 1.165) is 28.7 Å². The van der Waals surface area contributed by atoms with Crippen LogP contribution >= 0.6 is 9.24 Å². The zero-order valence-corrected chi connectivity index (χ0v) is 20.5. The molecule has 0 aliphatic carbocycles. The van der Waals surface area contributed by atoms with Crippen molar-refractivity contribution < 1.29 is 9.53 Å². The van der Waals surface area contributed by atoms with Gasteiger partial charge in [0.15, 0.2) is 6.61 Å². The van der Waals surface area contributed by atoms with E-state index < -0.39 is 0 Å². The molecule has 5 heteroatoms. The van der Waals surface area contributed by atoms with Crippen LogP contribution in [0.15, 0.2) is 78.9 Å². The molecule has 0 aliphatic heterocycles. The normalized spacial score (nSPS) is 12.7. The summed E-state index contributed by atoms with van der Waals surface area (Å²) < 4.78 is 5.83. The van der Waals surface area contributed by atoms with E-state index in [1.807, 2.05) is 65.6 Å². The highest BCUT2D eigenvalue weighted by Gasteiger charge is 2.26. The average Bonchev–Trinajstić information content (AvgIpc) is 2.83. The lowest BCUT2D eigenvalue weighted by atomic mass is 10.0. The monoisotopic (exact) mass is 448 g/mol. The SMILES string of the molecule is CCC(C)N(C)c1ccccc1C(C)N(C(=O)COc1ccc(P)cc1)c1ccccc1. The Morgan fingerprint density at radius 2 is 1.56 bits per heavy atom. The van der Waals surface area contributed by atoms with Gasteiger partial charge < -0.3 is 14.5 Å². The Kier molecular flexibility index (Phi) is 8.30. The van der Waals surface area contributed by atoms with Gasteiger partial charge in [0.1, 0.15) is 5.75 Å². The predicted octanol–water partition coefficient (Wildman–Crippen LogP) is 5.59. The third-order valence-electron chi connectivity index (χ3n) is 5.95. The summed E-state index contributed by atoms with van der Waals surface area (Å²) in [6.45, 7) is 6.46. The van der Waals surface area contributed by atoms with Crippen molar-refractivity contribution in [1.82, 2.24) is 0 Å². The van der Waals surface area contributed by atoms with Crippen molar-refractivity contribution in [3.63, 3.8) is 0 Å². The summed E-state index contributed by atoms with van der Waals surface area (Å²) >= 11 is 0. The highest BCUT2D eigenvalue weighted by atomic mass is 31.0. The molecule has 0 fully saturated rings. The summed E-state index contributed by atoms with van der Waals surface area (Å²) in [6.07, 6.45) is 1.05. The van der Waals surface area contributed by atoms with Gasteiger partial charge in [-0.1, -0.05) is 55.5 Å². The lowest BCUT2D eigenvalue weighted by Crippen LogP contribution is -2.38. The van der Waals surface area contributed by atoms with Crippen LogP contribution in [0, 0.1) is 0 Å². The molecule has 0 spiro atoms. The van der Waals surface area contributed by atoms with Crippen molar-refractivity contribution in [2.45, 2.75) is 39.3 Å². The largest absolute Gasteiger partial charge is 0.484 e. The number of carbonyl (C=O) groups excluding carboxylic acids is 1. The van der Waals surface area contributed by atoms with E-state index in [1.54, 1.807) is 0 Å². The Hall–Kier alpha value is -2.84. The molecule has 0 heterocycles. The van der Waals surface area contributed by atoms with Crippen LogP contribution in [0.1, 0.15) is 38.8 Å². The average molecular weight is 449 g/mol. The van der Waals surface area contributed by atoms with Gasteiger partial charge in [-0.05, 0) is 61.5 Å². The molecule has 0 aromatic heterocycles. The first-order chi connectivity index (χ1) is 15.4. The van der Waals surface area contributed by atoms with Gasteiger partial charge in [0.25, 0.3) is 5.91 Å². The summed E-state index contributed by atoms with van der Waals surface area (Å²) in [6, 6.07) is 26.0. The second kappa shape index (κ2) is 11.2. The van der Waals surface area contributed by atoms with Crippen LogP contribution in [0.2, 0.25) is 0 Å². The fourth-order valence-corrected chi connectivity index (χ4v) is 3.96. The highest BCUT2D eigenvalue weighted by Crippen LogP contribution is 2.34. The van der Waals surface area contributed by atoms with Crippen molar-refractivity contribution in [3.05, 3.63) is 84.4 Å². The van der Waals surface area contributed by atoms with E-state index in [4.69, 9.17) is 4.74 Å². The molecular formula is C27H33N2O2P. The molecule has 3 aromatic carbocycles. The van der Waals surface area contributed by atoms with Crippen molar-refractivity contribution in [1.29, 1.82) is 0 Å². The zero-order valence-electron chi connectivity index (χ0n) is 19.4. The van der Waals surface area contributed by atoms with E-state index in [1.165, 1.54) is 0 Å². The molecule has 0 saturated heterocycles. The van der Waals surface area contributed by atoms with Crippen LogP contribution in [0.3, 0.4) is 0 Å². The molecule has 3 rings (SSSR count). The van der Waals surface area contributed by atoms with Crippen LogP contribution in [-0.4, -0.2) is 25.6 Å². The number of rotatable bonds is 9. The minimum absolute atomic E-state index is 0.0290. The summed E-state index contributed by atoms with van der Waals surface area (Å²) in [7, 11) is 4.77. The topological polar surface area (TPSA) is 32.8 Å². The minimum atomic E-state index is -0.161. The van der Waals surface area contributed by atoms with Crippen LogP contribution < -0.4 is 19.8 Å². The molecule has 0 radical (unpaired) electrons. The molecule has 168 valence electrons. The molecule has 0 bridgehead atoms. The number of ether oxygens (including phenoxy) is 1. The quantitative estimate of drug-likeness (QED) is 0.400. The van der Waals surface area contributed by atoms with Gasteiger partial charge in [0, 0.05) is 24.5 Å². The first-order valence-electron chi connectivity index (χ1n) is 11.1. The molecule has 0 aliphatic rings. The maximum atomic E-state index is 13.5. The Labute approximate surface area is 194 Å².